The predicted molar refractivity (Wildman–Crippen MR) is 64.2 cm³/mol. The number of amides is 1. The Balaban J connectivity index is 2.25. The van der Waals surface area contributed by atoms with Crippen LogP contribution in [0.25, 0.3) is 0 Å². The SMILES string of the molecule is CC(C)NC(=O)CNCc1ccc(Cl)nc1. The number of carbonyl (C=O) groups excluding carboxylic acids is 1. The summed E-state index contributed by atoms with van der Waals surface area (Å²) in [7, 11) is 0. The van der Waals surface area contributed by atoms with Crippen LogP contribution in [-0.4, -0.2) is 23.5 Å². The molecule has 1 heterocycles. The smallest absolute Gasteiger partial charge is 0.234 e. The number of hydrogen-bond donors (Lipinski definition) is 2. The monoisotopic (exact) mass is 241 g/mol. The molecule has 0 bridgehead atoms. The van der Waals surface area contributed by atoms with Gasteiger partial charge in [-0.05, 0) is 25.5 Å². The highest BCUT2D eigenvalue weighted by Crippen LogP contribution is 2.04. The van der Waals surface area contributed by atoms with Gasteiger partial charge in [0, 0.05) is 18.8 Å². The first-order chi connectivity index (χ1) is 7.58. The highest BCUT2D eigenvalue weighted by atomic mass is 35.5. The first-order valence-corrected chi connectivity index (χ1v) is 5.56. The van der Waals surface area contributed by atoms with Crippen LogP contribution in [0.15, 0.2) is 18.3 Å². The molecule has 88 valence electrons. The number of hydrogen-bond acceptors (Lipinski definition) is 3. The van der Waals surface area contributed by atoms with Crippen LogP contribution in [-0.2, 0) is 11.3 Å². The highest BCUT2D eigenvalue weighted by Gasteiger charge is 2.02. The Morgan fingerprint density at radius 2 is 2.25 bits per heavy atom. The van der Waals surface area contributed by atoms with Gasteiger partial charge in [0.1, 0.15) is 5.15 Å². The summed E-state index contributed by atoms with van der Waals surface area (Å²) in [4.78, 5) is 15.2. The first kappa shape index (κ1) is 12.9. The highest BCUT2D eigenvalue weighted by molar-refractivity contribution is 6.29. The fourth-order valence-corrected chi connectivity index (χ4v) is 1.32. The molecule has 0 spiro atoms. The normalized spacial score (nSPS) is 10.5. The van der Waals surface area contributed by atoms with Crippen LogP contribution in [0, 0.1) is 0 Å². The van der Waals surface area contributed by atoms with E-state index in [1.165, 1.54) is 0 Å². The minimum Gasteiger partial charge on any atom is -0.353 e. The van der Waals surface area contributed by atoms with Crippen LogP contribution in [0.5, 0.6) is 0 Å². The van der Waals surface area contributed by atoms with E-state index in [0.717, 1.165) is 5.56 Å². The molecule has 0 saturated carbocycles. The number of nitrogens with zero attached hydrogens (tertiary/aromatic N) is 1. The minimum atomic E-state index is -0.00285. The molecule has 0 saturated heterocycles. The van der Waals surface area contributed by atoms with Crippen LogP contribution in [0.2, 0.25) is 5.15 Å². The average Bonchev–Trinajstić information content (AvgIpc) is 2.20. The average molecular weight is 242 g/mol. The summed E-state index contributed by atoms with van der Waals surface area (Å²) in [6.45, 7) is 4.78. The van der Waals surface area contributed by atoms with Gasteiger partial charge in [-0.3, -0.25) is 4.79 Å². The lowest BCUT2D eigenvalue weighted by molar-refractivity contribution is -0.120. The summed E-state index contributed by atoms with van der Waals surface area (Å²) in [5, 5.41) is 6.30. The molecule has 1 amide bonds. The van der Waals surface area contributed by atoms with Gasteiger partial charge in [-0.2, -0.15) is 0 Å². The second-order valence-corrected chi connectivity index (χ2v) is 4.20. The number of halogens is 1. The Hall–Kier alpha value is -1.13. The molecule has 0 aliphatic rings. The van der Waals surface area contributed by atoms with E-state index >= 15 is 0 Å². The van der Waals surface area contributed by atoms with Gasteiger partial charge in [0.05, 0.1) is 6.54 Å². The second kappa shape index (κ2) is 6.45. The quantitative estimate of drug-likeness (QED) is 0.766. The van der Waals surface area contributed by atoms with Crippen molar-refractivity contribution < 1.29 is 4.79 Å². The molecular weight excluding hydrogens is 226 g/mol. The van der Waals surface area contributed by atoms with Crippen molar-refractivity contribution in [1.29, 1.82) is 0 Å². The van der Waals surface area contributed by atoms with E-state index in [0.29, 0.717) is 18.2 Å². The maximum absolute atomic E-state index is 11.3. The van der Waals surface area contributed by atoms with Crippen LogP contribution in [0.3, 0.4) is 0 Å². The lowest BCUT2D eigenvalue weighted by Gasteiger charge is -2.09. The molecule has 0 atom stereocenters. The van der Waals surface area contributed by atoms with E-state index in [-0.39, 0.29) is 11.9 Å². The van der Waals surface area contributed by atoms with Crippen molar-refractivity contribution in [1.82, 2.24) is 15.6 Å². The molecule has 1 rings (SSSR count). The predicted octanol–water partition coefficient (Wildman–Crippen LogP) is 1.35. The zero-order valence-corrected chi connectivity index (χ0v) is 10.2. The van der Waals surface area contributed by atoms with Crippen molar-refractivity contribution >= 4 is 17.5 Å². The van der Waals surface area contributed by atoms with Crippen molar-refractivity contribution in [3.63, 3.8) is 0 Å². The molecule has 0 aliphatic heterocycles. The molecule has 0 radical (unpaired) electrons. The molecule has 1 aromatic heterocycles. The van der Waals surface area contributed by atoms with Gasteiger partial charge < -0.3 is 10.6 Å². The van der Waals surface area contributed by atoms with Crippen LogP contribution >= 0.6 is 11.6 Å². The largest absolute Gasteiger partial charge is 0.353 e. The molecule has 5 heteroatoms. The Labute approximate surface area is 100 Å². The van der Waals surface area contributed by atoms with E-state index in [9.17, 15) is 4.79 Å². The third-order valence-corrected chi connectivity index (χ3v) is 2.08. The van der Waals surface area contributed by atoms with E-state index in [1.54, 1.807) is 12.3 Å². The third-order valence-electron chi connectivity index (χ3n) is 1.85. The maximum atomic E-state index is 11.3. The number of aromatic nitrogens is 1. The summed E-state index contributed by atoms with van der Waals surface area (Å²) < 4.78 is 0. The minimum absolute atomic E-state index is 0.00285. The van der Waals surface area contributed by atoms with Crippen LogP contribution < -0.4 is 10.6 Å². The Kier molecular flexibility index (Phi) is 5.22. The molecule has 1 aromatic rings. The zero-order valence-electron chi connectivity index (χ0n) is 9.46. The standard InChI is InChI=1S/C11H16ClN3O/c1-8(2)15-11(16)7-13-5-9-3-4-10(12)14-6-9/h3-4,6,8,13H,5,7H2,1-2H3,(H,15,16). The molecule has 16 heavy (non-hydrogen) atoms. The Bertz CT molecular complexity index is 338. The Morgan fingerprint density at radius 1 is 1.50 bits per heavy atom. The number of rotatable bonds is 5. The summed E-state index contributed by atoms with van der Waals surface area (Å²) in [5.74, 6) is -0.00285. The van der Waals surface area contributed by atoms with E-state index in [4.69, 9.17) is 11.6 Å². The number of carbonyl (C=O) groups is 1. The van der Waals surface area contributed by atoms with Crippen LogP contribution in [0.1, 0.15) is 19.4 Å². The molecule has 2 N–H and O–H groups in total. The van der Waals surface area contributed by atoms with Gasteiger partial charge in [0.15, 0.2) is 0 Å². The van der Waals surface area contributed by atoms with Gasteiger partial charge in [0.2, 0.25) is 5.91 Å². The summed E-state index contributed by atoms with van der Waals surface area (Å²) in [6, 6.07) is 3.78. The molecule has 0 aliphatic carbocycles. The first-order valence-electron chi connectivity index (χ1n) is 5.18. The van der Waals surface area contributed by atoms with Crippen molar-refractivity contribution in [3.8, 4) is 0 Å². The summed E-state index contributed by atoms with van der Waals surface area (Å²) in [5.41, 5.74) is 1.00. The third kappa shape index (κ3) is 5.09. The van der Waals surface area contributed by atoms with Gasteiger partial charge >= 0.3 is 0 Å². The summed E-state index contributed by atoms with van der Waals surface area (Å²) >= 11 is 5.66. The molecular formula is C11H16ClN3O. The van der Waals surface area contributed by atoms with Crippen LogP contribution in [0.4, 0.5) is 0 Å². The molecule has 4 nitrogen and oxygen atoms in total. The topological polar surface area (TPSA) is 54.0 Å². The van der Waals surface area contributed by atoms with E-state index in [1.807, 2.05) is 19.9 Å². The zero-order chi connectivity index (χ0) is 12.0. The van der Waals surface area contributed by atoms with Crippen molar-refractivity contribution in [3.05, 3.63) is 29.0 Å². The van der Waals surface area contributed by atoms with E-state index in [2.05, 4.69) is 15.6 Å². The van der Waals surface area contributed by atoms with Crippen molar-refractivity contribution in [2.45, 2.75) is 26.4 Å². The molecule has 0 aromatic carbocycles. The fraction of sp³-hybridized carbons (Fsp3) is 0.455. The van der Waals surface area contributed by atoms with Gasteiger partial charge in [-0.1, -0.05) is 17.7 Å². The lowest BCUT2D eigenvalue weighted by atomic mass is 10.3. The molecule has 0 unspecified atom stereocenters. The fourth-order valence-electron chi connectivity index (χ4n) is 1.20. The maximum Gasteiger partial charge on any atom is 0.234 e. The summed E-state index contributed by atoms with van der Waals surface area (Å²) in [6.07, 6.45) is 1.69. The number of pyridine rings is 1. The van der Waals surface area contributed by atoms with Crippen molar-refractivity contribution in [2.75, 3.05) is 6.54 Å². The molecule has 0 fully saturated rings. The van der Waals surface area contributed by atoms with Gasteiger partial charge in [-0.15, -0.1) is 0 Å². The number of nitrogens with one attached hydrogen (secondary N) is 2. The Morgan fingerprint density at radius 3 is 2.81 bits per heavy atom. The lowest BCUT2D eigenvalue weighted by Crippen LogP contribution is -2.37. The van der Waals surface area contributed by atoms with Gasteiger partial charge in [0.25, 0.3) is 0 Å². The van der Waals surface area contributed by atoms with Crippen molar-refractivity contribution in [2.24, 2.45) is 0 Å². The van der Waals surface area contributed by atoms with E-state index < -0.39 is 0 Å². The second-order valence-electron chi connectivity index (χ2n) is 3.81. The van der Waals surface area contributed by atoms with Gasteiger partial charge in [-0.25, -0.2) is 4.98 Å².